The Bertz CT molecular complexity index is 609. The van der Waals surface area contributed by atoms with Crippen LogP contribution in [0.5, 0.6) is 0 Å². The Balaban J connectivity index is 1.88. The molecule has 0 unspecified atom stereocenters. The van der Waals surface area contributed by atoms with Crippen LogP contribution < -0.4 is 10.2 Å². The molecule has 1 saturated heterocycles. The van der Waals surface area contributed by atoms with Crippen LogP contribution in [0.1, 0.15) is 12.5 Å². The van der Waals surface area contributed by atoms with E-state index in [1.165, 1.54) is 6.07 Å². The summed E-state index contributed by atoms with van der Waals surface area (Å²) in [6, 6.07) is 5.38. The summed E-state index contributed by atoms with van der Waals surface area (Å²) in [5, 5.41) is 10.4. The first-order valence-corrected chi connectivity index (χ1v) is 6.81. The van der Waals surface area contributed by atoms with Crippen LogP contribution in [0.2, 0.25) is 0 Å². The van der Waals surface area contributed by atoms with Crippen molar-refractivity contribution >= 4 is 5.95 Å². The fraction of sp³-hybridized carbons (Fsp3) is 0.429. The summed E-state index contributed by atoms with van der Waals surface area (Å²) in [7, 11) is 0. The van der Waals surface area contributed by atoms with Gasteiger partial charge in [-0.1, -0.05) is 11.6 Å². The number of halogens is 1. The topological polar surface area (TPSA) is 56.8 Å². The number of piperazine rings is 1. The van der Waals surface area contributed by atoms with E-state index in [0.717, 1.165) is 25.2 Å². The SMILES string of the molecule is Cc1ccc(F)c(-c2nc(N3CCN[C@H](C)C3)n[nH]2)c1. The number of aryl methyl sites for hydroxylation is 1. The maximum Gasteiger partial charge on any atom is 0.245 e. The molecule has 1 aliphatic heterocycles. The second-order valence-corrected chi connectivity index (χ2v) is 5.27. The highest BCUT2D eigenvalue weighted by molar-refractivity contribution is 5.58. The number of hydrogen-bond acceptors (Lipinski definition) is 4. The summed E-state index contributed by atoms with van der Waals surface area (Å²) in [4.78, 5) is 6.54. The zero-order valence-corrected chi connectivity index (χ0v) is 11.7. The molecule has 0 radical (unpaired) electrons. The van der Waals surface area contributed by atoms with Crippen LogP contribution in [0.3, 0.4) is 0 Å². The Labute approximate surface area is 117 Å². The van der Waals surface area contributed by atoms with Gasteiger partial charge in [-0.2, -0.15) is 4.98 Å². The van der Waals surface area contributed by atoms with Crippen LogP contribution in [0.15, 0.2) is 18.2 Å². The van der Waals surface area contributed by atoms with E-state index in [1.54, 1.807) is 12.1 Å². The first kappa shape index (κ1) is 13.1. The normalized spacial score (nSPS) is 19.4. The van der Waals surface area contributed by atoms with Crippen LogP contribution in [0.4, 0.5) is 10.3 Å². The lowest BCUT2D eigenvalue weighted by atomic mass is 10.1. The molecule has 0 amide bonds. The molecule has 1 atom stereocenters. The van der Waals surface area contributed by atoms with Gasteiger partial charge in [-0.25, -0.2) is 4.39 Å². The Hall–Kier alpha value is -1.95. The number of nitrogens with zero attached hydrogens (tertiary/aromatic N) is 3. The maximum atomic E-state index is 13.9. The molecule has 0 spiro atoms. The largest absolute Gasteiger partial charge is 0.337 e. The predicted octanol–water partition coefficient (Wildman–Crippen LogP) is 1.72. The van der Waals surface area contributed by atoms with Gasteiger partial charge in [0.2, 0.25) is 5.95 Å². The molecular formula is C14H18FN5. The van der Waals surface area contributed by atoms with Crippen molar-refractivity contribution in [2.45, 2.75) is 19.9 Å². The molecular weight excluding hydrogens is 257 g/mol. The number of anilines is 1. The smallest absolute Gasteiger partial charge is 0.245 e. The number of rotatable bonds is 2. The second kappa shape index (κ2) is 5.20. The van der Waals surface area contributed by atoms with E-state index in [1.807, 2.05) is 6.92 Å². The summed E-state index contributed by atoms with van der Waals surface area (Å²) in [6.07, 6.45) is 0. The van der Waals surface area contributed by atoms with Crippen molar-refractivity contribution < 1.29 is 4.39 Å². The molecule has 5 nitrogen and oxygen atoms in total. The van der Waals surface area contributed by atoms with Gasteiger partial charge in [0.1, 0.15) is 5.82 Å². The third kappa shape index (κ3) is 2.51. The number of aromatic nitrogens is 3. The highest BCUT2D eigenvalue weighted by Crippen LogP contribution is 2.22. The fourth-order valence-electron chi connectivity index (χ4n) is 2.45. The second-order valence-electron chi connectivity index (χ2n) is 5.27. The molecule has 1 fully saturated rings. The molecule has 0 bridgehead atoms. The summed E-state index contributed by atoms with van der Waals surface area (Å²) in [6.45, 7) is 6.67. The lowest BCUT2D eigenvalue weighted by molar-refractivity contribution is 0.480. The Morgan fingerprint density at radius 1 is 1.40 bits per heavy atom. The van der Waals surface area contributed by atoms with Gasteiger partial charge in [0.25, 0.3) is 0 Å². The molecule has 2 N–H and O–H groups in total. The maximum absolute atomic E-state index is 13.9. The summed E-state index contributed by atoms with van der Waals surface area (Å²) < 4.78 is 13.9. The first-order chi connectivity index (χ1) is 9.63. The fourth-order valence-corrected chi connectivity index (χ4v) is 2.45. The van der Waals surface area contributed by atoms with E-state index in [0.29, 0.717) is 23.4 Å². The van der Waals surface area contributed by atoms with Crippen molar-refractivity contribution in [2.75, 3.05) is 24.5 Å². The van der Waals surface area contributed by atoms with Crippen LogP contribution in [-0.4, -0.2) is 40.9 Å². The number of H-pyrrole nitrogens is 1. The number of aromatic amines is 1. The Kier molecular flexibility index (Phi) is 3.40. The van der Waals surface area contributed by atoms with E-state index < -0.39 is 0 Å². The quantitative estimate of drug-likeness (QED) is 0.876. The van der Waals surface area contributed by atoms with Gasteiger partial charge in [0.15, 0.2) is 5.82 Å². The third-order valence-electron chi connectivity index (χ3n) is 3.50. The summed E-state index contributed by atoms with van der Waals surface area (Å²) >= 11 is 0. The average Bonchev–Trinajstić information content (AvgIpc) is 2.91. The van der Waals surface area contributed by atoms with Crippen molar-refractivity contribution in [3.05, 3.63) is 29.6 Å². The van der Waals surface area contributed by atoms with Crippen molar-refractivity contribution in [1.29, 1.82) is 0 Å². The molecule has 0 aliphatic carbocycles. The summed E-state index contributed by atoms with van der Waals surface area (Å²) in [5.41, 5.74) is 1.46. The average molecular weight is 275 g/mol. The van der Waals surface area contributed by atoms with Gasteiger partial charge in [-0.15, -0.1) is 5.10 Å². The van der Waals surface area contributed by atoms with Crippen molar-refractivity contribution in [3.63, 3.8) is 0 Å². The monoisotopic (exact) mass is 275 g/mol. The van der Waals surface area contributed by atoms with Crippen LogP contribution in [0.25, 0.3) is 11.4 Å². The lowest BCUT2D eigenvalue weighted by Crippen LogP contribution is -2.49. The molecule has 1 aromatic carbocycles. The van der Waals surface area contributed by atoms with Crippen LogP contribution >= 0.6 is 0 Å². The van der Waals surface area contributed by atoms with E-state index in [9.17, 15) is 4.39 Å². The minimum atomic E-state index is -0.285. The predicted molar refractivity (Wildman–Crippen MR) is 76.2 cm³/mol. The highest BCUT2D eigenvalue weighted by Gasteiger charge is 2.20. The highest BCUT2D eigenvalue weighted by atomic mass is 19.1. The molecule has 6 heteroatoms. The number of hydrogen-bond donors (Lipinski definition) is 2. The number of benzene rings is 1. The summed E-state index contributed by atoms with van der Waals surface area (Å²) in [5.74, 6) is 0.827. The van der Waals surface area contributed by atoms with E-state index in [4.69, 9.17) is 0 Å². The molecule has 3 rings (SSSR count). The molecule has 0 saturated carbocycles. The van der Waals surface area contributed by atoms with Gasteiger partial charge in [0.05, 0.1) is 5.56 Å². The minimum absolute atomic E-state index is 0.285. The van der Waals surface area contributed by atoms with E-state index >= 15 is 0 Å². The van der Waals surface area contributed by atoms with Crippen molar-refractivity contribution in [1.82, 2.24) is 20.5 Å². The van der Waals surface area contributed by atoms with Gasteiger partial charge in [-0.05, 0) is 26.0 Å². The van der Waals surface area contributed by atoms with Gasteiger partial charge < -0.3 is 10.2 Å². The minimum Gasteiger partial charge on any atom is -0.337 e. The van der Waals surface area contributed by atoms with Crippen molar-refractivity contribution in [3.8, 4) is 11.4 Å². The third-order valence-corrected chi connectivity index (χ3v) is 3.50. The zero-order valence-electron chi connectivity index (χ0n) is 11.7. The van der Waals surface area contributed by atoms with E-state index in [-0.39, 0.29) is 5.82 Å². The molecule has 20 heavy (non-hydrogen) atoms. The zero-order chi connectivity index (χ0) is 14.1. The first-order valence-electron chi connectivity index (χ1n) is 6.81. The van der Waals surface area contributed by atoms with Crippen molar-refractivity contribution in [2.24, 2.45) is 0 Å². The number of nitrogens with one attached hydrogen (secondary N) is 2. The Morgan fingerprint density at radius 2 is 2.25 bits per heavy atom. The van der Waals surface area contributed by atoms with Crippen LogP contribution in [-0.2, 0) is 0 Å². The molecule has 1 aliphatic rings. The molecule has 2 heterocycles. The van der Waals surface area contributed by atoms with E-state index in [2.05, 4.69) is 32.3 Å². The molecule has 2 aromatic rings. The van der Waals surface area contributed by atoms with Gasteiger partial charge in [-0.3, -0.25) is 5.10 Å². The standard InChI is InChI=1S/C14H18FN5/c1-9-3-4-12(15)11(7-9)13-17-14(19-18-13)20-6-5-16-10(2)8-20/h3-4,7,10,16H,5-6,8H2,1-2H3,(H,17,18,19)/t10-/m1/s1. The Morgan fingerprint density at radius 3 is 3.05 bits per heavy atom. The van der Waals surface area contributed by atoms with Crippen LogP contribution in [0, 0.1) is 12.7 Å². The lowest BCUT2D eigenvalue weighted by Gasteiger charge is -2.30. The molecule has 1 aromatic heterocycles. The molecule has 106 valence electrons. The van der Waals surface area contributed by atoms with Gasteiger partial charge in [0, 0.05) is 25.7 Å². The van der Waals surface area contributed by atoms with Gasteiger partial charge >= 0.3 is 0 Å².